The maximum Gasteiger partial charge on any atom is 0.224 e. The molecule has 0 spiro atoms. The van der Waals surface area contributed by atoms with Crippen molar-refractivity contribution >= 4 is 22.9 Å². The highest BCUT2D eigenvalue weighted by molar-refractivity contribution is 5.84. The molecule has 6 heteroatoms. The van der Waals surface area contributed by atoms with Gasteiger partial charge < -0.3 is 15.6 Å². The van der Waals surface area contributed by atoms with Gasteiger partial charge in [-0.15, -0.1) is 0 Å². The lowest BCUT2D eigenvalue weighted by Crippen LogP contribution is -2.29. The van der Waals surface area contributed by atoms with Crippen LogP contribution in [0.5, 0.6) is 0 Å². The van der Waals surface area contributed by atoms with Gasteiger partial charge in [-0.2, -0.15) is 9.97 Å². The summed E-state index contributed by atoms with van der Waals surface area (Å²) < 4.78 is 0. The molecule has 1 atom stereocenters. The second kappa shape index (κ2) is 3.96. The van der Waals surface area contributed by atoms with E-state index in [1.165, 1.54) is 0 Å². The summed E-state index contributed by atoms with van der Waals surface area (Å²) in [5, 5.41) is 0. The average Bonchev–Trinajstić information content (AvgIpc) is 2.73. The molecule has 0 radical (unpaired) electrons. The SMILES string of the molecule is CCC(C)N(C)c1nc(N)nc2nc[nH]c12. The number of fused-ring (bicyclic) bond motifs is 1. The van der Waals surface area contributed by atoms with Crippen LogP contribution >= 0.6 is 0 Å². The van der Waals surface area contributed by atoms with E-state index in [0.717, 1.165) is 17.8 Å². The van der Waals surface area contributed by atoms with Crippen molar-refractivity contribution in [3.05, 3.63) is 6.33 Å². The second-order valence-corrected chi connectivity index (χ2v) is 3.87. The number of H-pyrrole nitrogens is 1. The highest BCUT2D eigenvalue weighted by Gasteiger charge is 2.15. The number of nitrogen functional groups attached to an aromatic ring is 1. The standard InChI is InChI=1S/C10H16N6/c1-4-6(2)16(3)9-7-8(13-5-12-7)14-10(11)15-9/h5-6H,4H2,1-3H3,(H3,11,12,13,14,15). The number of anilines is 2. The van der Waals surface area contributed by atoms with E-state index in [4.69, 9.17) is 5.73 Å². The zero-order chi connectivity index (χ0) is 11.7. The van der Waals surface area contributed by atoms with Crippen molar-refractivity contribution in [1.29, 1.82) is 0 Å². The van der Waals surface area contributed by atoms with Crippen LogP contribution in [-0.2, 0) is 0 Å². The molecule has 0 saturated carbocycles. The maximum absolute atomic E-state index is 5.66. The van der Waals surface area contributed by atoms with Crippen LogP contribution in [0.25, 0.3) is 11.2 Å². The molecule has 2 aromatic heterocycles. The number of nitrogens with zero attached hydrogens (tertiary/aromatic N) is 4. The zero-order valence-electron chi connectivity index (χ0n) is 9.73. The predicted octanol–water partition coefficient (Wildman–Crippen LogP) is 1.17. The van der Waals surface area contributed by atoms with E-state index in [0.29, 0.717) is 11.7 Å². The third kappa shape index (κ3) is 1.66. The molecule has 0 bridgehead atoms. The highest BCUT2D eigenvalue weighted by atomic mass is 15.2. The predicted molar refractivity (Wildman–Crippen MR) is 64.3 cm³/mol. The summed E-state index contributed by atoms with van der Waals surface area (Å²) in [7, 11) is 2.00. The van der Waals surface area contributed by atoms with Crippen molar-refractivity contribution in [3.8, 4) is 0 Å². The molecule has 0 amide bonds. The Labute approximate surface area is 93.9 Å². The zero-order valence-corrected chi connectivity index (χ0v) is 9.73. The fraction of sp³-hybridized carbons (Fsp3) is 0.500. The number of hydrogen-bond acceptors (Lipinski definition) is 5. The lowest BCUT2D eigenvalue weighted by Gasteiger charge is -2.25. The molecular weight excluding hydrogens is 204 g/mol. The van der Waals surface area contributed by atoms with E-state index >= 15 is 0 Å². The number of nitrogens with two attached hydrogens (primary N) is 1. The van der Waals surface area contributed by atoms with Gasteiger partial charge >= 0.3 is 0 Å². The first kappa shape index (κ1) is 10.7. The van der Waals surface area contributed by atoms with E-state index in [1.54, 1.807) is 6.33 Å². The van der Waals surface area contributed by atoms with Crippen molar-refractivity contribution in [2.24, 2.45) is 0 Å². The molecule has 0 aliphatic rings. The molecule has 6 nitrogen and oxygen atoms in total. The van der Waals surface area contributed by atoms with Gasteiger partial charge in [-0.25, -0.2) is 4.98 Å². The van der Waals surface area contributed by atoms with Crippen LogP contribution < -0.4 is 10.6 Å². The minimum Gasteiger partial charge on any atom is -0.368 e. The van der Waals surface area contributed by atoms with Crippen LogP contribution in [-0.4, -0.2) is 33.0 Å². The number of imidazole rings is 1. The van der Waals surface area contributed by atoms with E-state index in [2.05, 4.69) is 38.7 Å². The van der Waals surface area contributed by atoms with Crippen LogP contribution in [0.1, 0.15) is 20.3 Å². The first-order valence-corrected chi connectivity index (χ1v) is 5.33. The largest absolute Gasteiger partial charge is 0.368 e. The third-order valence-corrected chi connectivity index (χ3v) is 2.87. The van der Waals surface area contributed by atoms with Crippen molar-refractivity contribution in [3.63, 3.8) is 0 Å². The molecule has 0 aliphatic carbocycles. The number of rotatable bonds is 3. The maximum atomic E-state index is 5.66. The van der Waals surface area contributed by atoms with E-state index in [9.17, 15) is 0 Å². The summed E-state index contributed by atoms with van der Waals surface area (Å²) in [4.78, 5) is 17.5. The smallest absolute Gasteiger partial charge is 0.224 e. The van der Waals surface area contributed by atoms with E-state index in [-0.39, 0.29) is 5.95 Å². The van der Waals surface area contributed by atoms with Crippen LogP contribution in [0.2, 0.25) is 0 Å². The van der Waals surface area contributed by atoms with Gasteiger partial charge in [0.15, 0.2) is 11.5 Å². The minimum atomic E-state index is 0.254. The Kier molecular flexibility index (Phi) is 2.64. The number of aromatic nitrogens is 4. The molecule has 2 heterocycles. The molecule has 0 aromatic carbocycles. The molecule has 86 valence electrons. The Bertz CT molecular complexity index is 491. The van der Waals surface area contributed by atoms with Crippen LogP contribution in [0.3, 0.4) is 0 Å². The second-order valence-electron chi connectivity index (χ2n) is 3.87. The Morgan fingerprint density at radius 3 is 2.94 bits per heavy atom. The van der Waals surface area contributed by atoms with Crippen LogP contribution in [0.4, 0.5) is 11.8 Å². The topological polar surface area (TPSA) is 83.7 Å². The molecule has 2 aromatic rings. The number of hydrogen-bond donors (Lipinski definition) is 2. The number of aromatic amines is 1. The molecule has 1 unspecified atom stereocenters. The number of nitrogens with one attached hydrogen (secondary N) is 1. The van der Waals surface area contributed by atoms with Gasteiger partial charge in [0.05, 0.1) is 6.33 Å². The summed E-state index contributed by atoms with van der Waals surface area (Å²) in [6, 6.07) is 0.390. The first-order valence-electron chi connectivity index (χ1n) is 5.33. The first-order chi connectivity index (χ1) is 7.63. The summed E-state index contributed by atoms with van der Waals surface area (Å²) in [5.74, 6) is 1.05. The normalized spacial score (nSPS) is 12.9. The Morgan fingerprint density at radius 1 is 1.50 bits per heavy atom. The molecule has 0 fully saturated rings. The molecule has 3 N–H and O–H groups in total. The molecule has 2 rings (SSSR count). The van der Waals surface area contributed by atoms with Crippen molar-refractivity contribution in [2.75, 3.05) is 17.7 Å². The molecule has 0 saturated heterocycles. The molecular formula is C10H16N6. The van der Waals surface area contributed by atoms with Gasteiger partial charge in [-0.05, 0) is 13.3 Å². The van der Waals surface area contributed by atoms with Gasteiger partial charge in [0.1, 0.15) is 5.52 Å². The van der Waals surface area contributed by atoms with Gasteiger partial charge in [0.25, 0.3) is 0 Å². The fourth-order valence-corrected chi connectivity index (χ4v) is 1.57. The third-order valence-electron chi connectivity index (χ3n) is 2.87. The van der Waals surface area contributed by atoms with Crippen molar-refractivity contribution in [1.82, 2.24) is 19.9 Å². The summed E-state index contributed by atoms with van der Waals surface area (Å²) in [6.45, 7) is 4.27. The quantitative estimate of drug-likeness (QED) is 0.811. The van der Waals surface area contributed by atoms with Gasteiger partial charge in [0.2, 0.25) is 5.95 Å². The summed E-state index contributed by atoms with van der Waals surface area (Å²) >= 11 is 0. The fourth-order valence-electron chi connectivity index (χ4n) is 1.57. The van der Waals surface area contributed by atoms with Gasteiger partial charge in [0, 0.05) is 13.1 Å². The van der Waals surface area contributed by atoms with E-state index in [1.807, 2.05) is 7.05 Å². The van der Waals surface area contributed by atoms with Crippen LogP contribution in [0, 0.1) is 0 Å². The van der Waals surface area contributed by atoms with Crippen LogP contribution in [0.15, 0.2) is 6.33 Å². The van der Waals surface area contributed by atoms with Gasteiger partial charge in [-0.1, -0.05) is 6.92 Å². The molecule has 16 heavy (non-hydrogen) atoms. The summed E-state index contributed by atoms with van der Waals surface area (Å²) in [5.41, 5.74) is 7.10. The lowest BCUT2D eigenvalue weighted by atomic mass is 10.2. The van der Waals surface area contributed by atoms with Gasteiger partial charge in [-0.3, -0.25) is 0 Å². The molecule has 0 aliphatic heterocycles. The van der Waals surface area contributed by atoms with E-state index < -0.39 is 0 Å². The van der Waals surface area contributed by atoms with Crippen molar-refractivity contribution in [2.45, 2.75) is 26.3 Å². The summed E-state index contributed by atoms with van der Waals surface area (Å²) in [6.07, 6.45) is 2.64. The monoisotopic (exact) mass is 220 g/mol. The highest BCUT2D eigenvalue weighted by Crippen LogP contribution is 2.22. The Morgan fingerprint density at radius 2 is 2.25 bits per heavy atom. The average molecular weight is 220 g/mol. The lowest BCUT2D eigenvalue weighted by molar-refractivity contribution is 0.658. The Balaban J connectivity index is 2.53. The van der Waals surface area contributed by atoms with Crippen molar-refractivity contribution < 1.29 is 0 Å². The minimum absolute atomic E-state index is 0.254. The Hall–Kier alpha value is -1.85.